The van der Waals surface area contributed by atoms with Gasteiger partial charge in [0.25, 0.3) is 0 Å². The molecule has 0 heterocycles. The number of hydrogen-bond acceptors (Lipinski definition) is 4. The number of aliphatic hydroxyl groups is 3. The van der Waals surface area contributed by atoms with Crippen LogP contribution < -0.4 is 0 Å². The van der Waals surface area contributed by atoms with E-state index in [1.54, 1.807) is 6.08 Å². The van der Waals surface area contributed by atoms with Crippen LogP contribution in [0.3, 0.4) is 0 Å². The van der Waals surface area contributed by atoms with E-state index in [1.165, 1.54) is 0 Å². The van der Waals surface area contributed by atoms with Gasteiger partial charge in [0.1, 0.15) is 0 Å². The highest BCUT2D eigenvalue weighted by Crippen LogP contribution is 2.66. The van der Waals surface area contributed by atoms with E-state index in [9.17, 15) is 20.1 Å². The van der Waals surface area contributed by atoms with Crippen molar-refractivity contribution in [2.75, 3.05) is 6.61 Å². The van der Waals surface area contributed by atoms with E-state index in [-0.39, 0.29) is 29.1 Å². The first-order valence-electron chi connectivity index (χ1n) is 9.62. The van der Waals surface area contributed by atoms with Gasteiger partial charge in [-0.15, -0.1) is 0 Å². The standard InChI is InChI=1S/C21H30O4/c1-19-9-12(11-22)16(23)8-13(19)4-5-14-15-6-7-21(3,25)20(15,2)10-17(24)18(14)19/h8-9,14-15,17-18,22,24-25H,4-7,10-11H2,1-3H3/t14?,15?,17-,18?,19?,20?,21+/m0/s1. The van der Waals surface area contributed by atoms with Gasteiger partial charge in [0.15, 0.2) is 5.78 Å². The molecule has 3 N–H and O–H groups in total. The molecular formula is C21H30O4. The number of carbonyl (C=O) groups excluding carboxylic acids is 1. The van der Waals surface area contributed by atoms with Gasteiger partial charge >= 0.3 is 0 Å². The fourth-order valence-electron chi connectivity index (χ4n) is 6.85. The predicted molar refractivity (Wildman–Crippen MR) is 94.7 cm³/mol. The zero-order chi connectivity index (χ0) is 18.2. The quantitative estimate of drug-likeness (QED) is 0.681. The third-order valence-corrected chi connectivity index (χ3v) is 8.41. The molecule has 4 nitrogen and oxygen atoms in total. The van der Waals surface area contributed by atoms with Crippen LogP contribution in [-0.2, 0) is 4.79 Å². The highest BCUT2D eigenvalue weighted by atomic mass is 16.3. The van der Waals surface area contributed by atoms with E-state index in [1.807, 2.05) is 13.0 Å². The van der Waals surface area contributed by atoms with Crippen molar-refractivity contribution in [1.82, 2.24) is 0 Å². The molecule has 4 rings (SSSR count). The van der Waals surface area contributed by atoms with Gasteiger partial charge in [-0.3, -0.25) is 4.79 Å². The summed E-state index contributed by atoms with van der Waals surface area (Å²) in [5.74, 6) is 0.702. The molecule has 4 heteroatoms. The number of carbonyl (C=O) groups is 1. The maximum Gasteiger partial charge on any atom is 0.183 e. The van der Waals surface area contributed by atoms with Crippen molar-refractivity contribution in [3.63, 3.8) is 0 Å². The Bertz CT molecular complexity index is 675. The van der Waals surface area contributed by atoms with Gasteiger partial charge in [-0.25, -0.2) is 0 Å². The number of hydrogen-bond donors (Lipinski definition) is 3. The van der Waals surface area contributed by atoms with E-state index in [0.717, 1.165) is 31.3 Å². The molecule has 0 aliphatic heterocycles. The summed E-state index contributed by atoms with van der Waals surface area (Å²) in [6.07, 6.45) is 7.35. The van der Waals surface area contributed by atoms with Crippen LogP contribution in [0.25, 0.3) is 0 Å². The van der Waals surface area contributed by atoms with Crippen molar-refractivity contribution in [1.29, 1.82) is 0 Å². The predicted octanol–water partition coefficient (Wildman–Crippen LogP) is 2.38. The van der Waals surface area contributed by atoms with E-state index in [2.05, 4.69) is 13.8 Å². The average molecular weight is 346 g/mol. The van der Waals surface area contributed by atoms with E-state index < -0.39 is 11.7 Å². The molecule has 4 aliphatic rings. The average Bonchev–Trinajstić information content (AvgIpc) is 2.76. The summed E-state index contributed by atoms with van der Waals surface area (Å²) in [5, 5.41) is 31.7. The fraction of sp³-hybridized carbons (Fsp3) is 0.762. The number of allylic oxidation sites excluding steroid dienone is 3. The normalized spacial score (nSPS) is 52.0. The summed E-state index contributed by atoms with van der Waals surface area (Å²) in [6, 6.07) is 0. The molecular weight excluding hydrogens is 316 g/mol. The smallest absolute Gasteiger partial charge is 0.183 e. The summed E-state index contributed by atoms with van der Waals surface area (Å²) in [6.45, 7) is 5.95. The Balaban J connectivity index is 1.78. The van der Waals surface area contributed by atoms with Gasteiger partial charge in [-0.1, -0.05) is 25.5 Å². The summed E-state index contributed by atoms with van der Waals surface area (Å²) < 4.78 is 0. The van der Waals surface area contributed by atoms with Crippen LogP contribution in [0.15, 0.2) is 23.3 Å². The van der Waals surface area contributed by atoms with E-state index in [0.29, 0.717) is 23.8 Å². The highest BCUT2D eigenvalue weighted by Gasteiger charge is 2.64. The molecule has 0 bridgehead atoms. The summed E-state index contributed by atoms with van der Waals surface area (Å²) >= 11 is 0. The second kappa shape index (κ2) is 5.28. The van der Waals surface area contributed by atoms with Crippen LogP contribution in [0.4, 0.5) is 0 Å². The number of aliphatic hydroxyl groups excluding tert-OH is 2. The lowest BCUT2D eigenvalue weighted by Gasteiger charge is -2.59. The molecule has 0 aromatic rings. The van der Waals surface area contributed by atoms with Crippen LogP contribution >= 0.6 is 0 Å². The lowest BCUT2D eigenvalue weighted by Crippen LogP contribution is -2.58. The molecule has 0 amide bonds. The molecule has 0 aromatic heterocycles. The fourth-order valence-corrected chi connectivity index (χ4v) is 6.85. The Morgan fingerprint density at radius 2 is 1.96 bits per heavy atom. The minimum Gasteiger partial charge on any atom is -0.393 e. The topological polar surface area (TPSA) is 77.8 Å². The van der Waals surface area contributed by atoms with Crippen molar-refractivity contribution in [3.8, 4) is 0 Å². The Morgan fingerprint density at radius 1 is 1.24 bits per heavy atom. The molecule has 0 radical (unpaired) electrons. The second-order valence-electron chi connectivity index (χ2n) is 9.48. The third-order valence-electron chi connectivity index (χ3n) is 8.41. The van der Waals surface area contributed by atoms with Crippen molar-refractivity contribution < 1.29 is 20.1 Å². The first-order valence-corrected chi connectivity index (χ1v) is 9.62. The molecule has 0 spiro atoms. The van der Waals surface area contributed by atoms with Crippen LogP contribution in [0.1, 0.15) is 52.9 Å². The monoisotopic (exact) mass is 346 g/mol. The highest BCUT2D eigenvalue weighted by molar-refractivity contribution is 6.06. The zero-order valence-corrected chi connectivity index (χ0v) is 15.5. The molecule has 3 fully saturated rings. The van der Waals surface area contributed by atoms with Crippen LogP contribution in [0.5, 0.6) is 0 Å². The Labute approximate surface area is 149 Å². The maximum absolute atomic E-state index is 12.2. The van der Waals surface area contributed by atoms with Crippen LogP contribution in [0.2, 0.25) is 0 Å². The van der Waals surface area contributed by atoms with E-state index in [4.69, 9.17) is 0 Å². The Morgan fingerprint density at radius 3 is 2.64 bits per heavy atom. The van der Waals surface area contributed by atoms with Crippen molar-refractivity contribution in [2.24, 2.45) is 28.6 Å². The van der Waals surface area contributed by atoms with E-state index >= 15 is 0 Å². The van der Waals surface area contributed by atoms with Crippen molar-refractivity contribution in [3.05, 3.63) is 23.3 Å². The molecule has 0 aromatic carbocycles. The van der Waals surface area contributed by atoms with Crippen molar-refractivity contribution >= 4 is 5.78 Å². The van der Waals surface area contributed by atoms with Crippen LogP contribution in [0, 0.1) is 28.6 Å². The lowest BCUT2D eigenvalue weighted by atomic mass is 9.46. The number of ketones is 1. The van der Waals surface area contributed by atoms with Gasteiger partial charge in [-0.2, -0.15) is 0 Å². The first-order chi connectivity index (χ1) is 11.6. The van der Waals surface area contributed by atoms with Crippen LogP contribution in [-0.4, -0.2) is 39.4 Å². The number of rotatable bonds is 1. The minimum absolute atomic E-state index is 0.0501. The third kappa shape index (κ3) is 2.14. The largest absolute Gasteiger partial charge is 0.393 e. The molecule has 25 heavy (non-hydrogen) atoms. The van der Waals surface area contributed by atoms with Crippen molar-refractivity contribution in [2.45, 2.75) is 64.6 Å². The van der Waals surface area contributed by atoms with Gasteiger partial charge in [0.2, 0.25) is 0 Å². The molecule has 0 saturated heterocycles. The first kappa shape index (κ1) is 17.4. The van der Waals surface area contributed by atoms with Gasteiger partial charge in [0.05, 0.1) is 18.3 Å². The Hall–Kier alpha value is -0.970. The summed E-state index contributed by atoms with van der Waals surface area (Å²) in [7, 11) is 0. The molecule has 7 atom stereocenters. The molecule has 138 valence electrons. The lowest BCUT2D eigenvalue weighted by molar-refractivity contribution is -0.158. The SMILES string of the molecule is CC12C=C(CO)C(=O)C=C1CCC1C2[C@@H](O)CC2(C)C1CC[C@@]2(C)O. The molecule has 5 unspecified atom stereocenters. The molecule has 3 saturated carbocycles. The zero-order valence-electron chi connectivity index (χ0n) is 15.5. The van der Waals surface area contributed by atoms with Gasteiger partial charge in [0, 0.05) is 22.3 Å². The molecule has 4 aliphatic carbocycles. The summed E-state index contributed by atoms with van der Waals surface area (Å²) in [4.78, 5) is 12.2. The second-order valence-corrected chi connectivity index (χ2v) is 9.48. The summed E-state index contributed by atoms with van der Waals surface area (Å²) in [5.41, 5.74) is 0.202. The maximum atomic E-state index is 12.2. The number of fused-ring (bicyclic) bond motifs is 5. The Kier molecular flexibility index (Phi) is 3.68. The minimum atomic E-state index is -0.727. The van der Waals surface area contributed by atoms with Gasteiger partial charge < -0.3 is 15.3 Å². The van der Waals surface area contributed by atoms with Gasteiger partial charge in [-0.05, 0) is 56.9 Å².